The maximum absolute atomic E-state index is 11.9. The Balaban J connectivity index is 3.12. The van der Waals surface area contributed by atoms with Gasteiger partial charge in [0.1, 0.15) is 5.76 Å². The highest BCUT2D eigenvalue weighted by Crippen LogP contribution is 2.30. The van der Waals surface area contributed by atoms with Crippen molar-refractivity contribution in [3.8, 4) is 0 Å². The van der Waals surface area contributed by atoms with E-state index >= 15 is 0 Å². The number of ketones is 2. The molecule has 2 N–H and O–H groups in total. The molecular weight excluding hydrogens is 220 g/mol. The molecule has 0 saturated heterocycles. The van der Waals surface area contributed by atoms with Gasteiger partial charge in [0, 0.05) is 6.42 Å². The monoisotopic (exact) mass is 238 g/mol. The Hall–Kier alpha value is -1.42. The minimum atomic E-state index is -1.98. The number of aliphatic hydroxyl groups is 2. The molecule has 0 aromatic carbocycles. The summed E-state index contributed by atoms with van der Waals surface area (Å²) in [6, 6.07) is 0. The molecule has 1 rings (SSSR count). The zero-order valence-corrected chi connectivity index (χ0v) is 10.4. The summed E-state index contributed by atoms with van der Waals surface area (Å²) in [4.78, 5) is 23.4. The quantitative estimate of drug-likeness (QED) is 0.783. The zero-order valence-electron chi connectivity index (χ0n) is 10.4. The van der Waals surface area contributed by atoms with Crippen LogP contribution in [0.2, 0.25) is 0 Å². The molecule has 0 unspecified atom stereocenters. The molecule has 4 heteroatoms. The second-order valence-electron chi connectivity index (χ2n) is 4.51. The number of aliphatic hydroxyl groups excluding tert-OH is 1. The van der Waals surface area contributed by atoms with E-state index in [1.54, 1.807) is 6.92 Å². The van der Waals surface area contributed by atoms with Gasteiger partial charge in [-0.15, -0.1) is 0 Å². The molecule has 0 fully saturated rings. The topological polar surface area (TPSA) is 74.6 Å². The van der Waals surface area contributed by atoms with Crippen molar-refractivity contribution in [2.24, 2.45) is 0 Å². The Morgan fingerprint density at radius 2 is 2.06 bits per heavy atom. The van der Waals surface area contributed by atoms with Crippen LogP contribution in [0.1, 0.15) is 40.0 Å². The SMILES string of the molecule is CCCCC(=O)C1=C(O)[C@](C)(O)C(=O)C=C1C. The van der Waals surface area contributed by atoms with E-state index in [0.29, 0.717) is 12.0 Å². The second kappa shape index (κ2) is 4.84. The number of hydrogen-bond acceptors (Lipinski definition) is 4. The average molecular weight is 238 g/mol. The summed E-state index contributed by atoms with van der Waals surface area (Å²) in [5.41, 5.74) is -1.47. The van der Waals surface area contributed by atoms with Crippen LogP contribution in [-0.2, 0) is 9.59 Å². The first kappa shape index (κ1) is 13.6. The van der Waals surface area contributed by atoms with Crippen LogP contribution in [-0.4, -0.2) is 27.4 Å². The molecule has 94 valence electrons. The largest absolute Gasteiger partial charge is 0.508 e. The second-order valence-corrected chi connectivity index (χ2v) is 4.51. The van der Waals surface area contributed by atoms with Gasteiger partial charge in [-0.2, -0.15) is 0 Å². The average Bonchev–Trinajstić information content (AvgIpc) is 2.24. The Kier molecular flexibility index (Phi) is 3.88. The molecule has 17 heavy (non-hydrogen) atoms. The van der Waals surface area contributed by atoms with Crippen LogP contribution in [0.15, 0.2) is 23.0 Å². The molecule has 0 saturated carbocycles. The third kappa shape index (κ3) is 2.47. The normalized spacial score (nSPS) is 24.9. The first-order chi connectivity index (χ1) is 7.82. The number of rotatable bonds is 4. The molecule has 0 bridgehead atoms. The lowest BCUT2D eigenvalue weighted by molar-refractivity contribution is -0.130. The van der Waals surface area contributed by atoms with Crippen molar-refractivity contribution in [1.29, 1.82) is 0 Å². The lowest BCUT2D eigenvalue weighted by Crippen LogP contribution is -2.40. The van der Waals surface area contributed by atoms with Crippen molar-refractivity contribution in [2.45, 2.75) is 45.6 Å². The molecule has 1 aliphatic carbocycles. The molecule has 1 aliphatic rings. The molecule has 0 heterocycles. The maximum Gasteiger partial charge on any atom is 0.194 e. The number of unbranched alkanes of at least 4 members (excludes halogenated alkanes) is 1. The Bertz CT molecular complexity index is 413. The standard InChI is InChI=1S/C13H18O4/c1-4-5-6-9(14)11-8(2)7-10(15)13(3,17)12(11)16/h7,16-17H,4-6H2,1-3H3/t13-/m1/s1. The fraction of sp³-hybridized carbons (Fsp3) is 0.538. The van der Waals surface area contributed by atoms with Gasteiger partial charge >= 0.3 is 0 Å². The highest BCUT2D eigenvalue weighted by Gasteiger charge is 2.40. The molecule has 0 radical (unpaired) electrons. The van der Waals surface area contributed by atoms with Crippen LogP contribution in [0, 0.1) is 0 Å². The van der Waals surface area contributed by atoms with E-state index in [1.165, 1.54) is 13.0 Å². The third-order valence-corrected chi connectivity index (χ3v) is 2.96. The van der Waals surface area contributed by atoms with Gasteiger partial charge in [-0.3, -0.25) is 9.59 Å². The van der Waals surface area contributed by atoms with Crippen LogP contribution in [0.4, 0.5) is 0 Å². The van der Waals surface area contributed by atoms with Crippen molar-refractivity contribution in [1.82, 2.24) is 0 Å². The summed E-state index contributed by atoms with van der Waals surface area (Å²) < 4.78 is 0. The fourth-order valence-corrected chi connectivity index (χ4v) is 1.77. The highest BCUT2D eigenvalue weighted by atomic mass is 16.3. The predicted octanol–water partition coefficient (Wildman–Crippen LogP) is 1.84. The van der Waals surface area contributed by atoms with Crippen molar-refractivity contribution < 1.29 is 19.8 Å². The first-order valence-corrected chi connectivity index (χ1v) is 5.74. The van der Waals surface area contributed by atoms with Gasteiger partial charge in [-0.05, 0) is 31.9 Å². The van der Waals surface area contributed by atoms with E-state index in [-0.39, 0.29) is 11.4 Å². The van der Waals surface area contributed by atoms with E-state index in [2.05, 4.69) is 0 Å². The molecule has 0 spiro atoms. The van der Waals surface area contributed by atoms with E-state index in [9.17, 15) is 19.8 Å². The number of carbonyl (C=O) groups excluding carboxylic acids is 2. The molecule has 0 aliphatic heterocycles. The third-order valence-electron chi connectivity index (χ3n) is 2.96. The van der Waals surface area contributed by atoms with Gasteiger partial charge in [0.05, 0.1) is 5.57 Å². The van der Waals surface area contributed by atoms with E-state index in [4.69, 9.17) is 0 Å². The van der Waals surface area contributed by atoms with Gasteiger partial charge in [-0.1, -0.05) is 13.3 Å². The van der Waals surface area contributed by atoms with E-state index < -0.39 is 17.1 Å². The van der Waals surface area contributed by atoms with Crippen molar-refractivity contribution in [3.05, 3.63) is 23.0 Å². The lowest BCUT2D eigenvalue weighted by Gasteiger charge is -2.26. The van der Waals surface area contributed by atoms with Gasteiger partial charge in [0.25, 0.3) is 0 Å². The van der Waals surface area contributed by atoms with Crippen molar-refractivity contribution in [2.75, 3.05) is 0 Å². The molecule has 4 nitrogen and oxygen atoms in total. The summed E-state index contributed by atoms with van der Waals surface area (Å²) >= 11 is 0. The number of hydrogen-bond donors (Lipinski definition) is 2. The van der Waals surface area contributed by atoms with Crippen molar-refractivity contribution in [3.63, 3.8) is 0 Å². The highest BCUT2D eigenvalue weighted by molar-refractivity contribution is 6.09. The van der Waals surface area contributed by atoms with Crippen LogP contribution < -0.4 is 0 Å². The fourth-order valence-electron chi connectivity index (χ4n) is 1.77. The molecule has 0 amide bonds. The smallest absolute Gasteiger partial charge is 0.194 e. The summed E-state index contributed by atoms with van der Waals surface area (Å²) in [6.45, 7) is 4.74. The number of carbonyl (C=O) groups is 2. The molecular formula is C13H18O4. The van der Waals surface area contributed by atoms with Crippen LogP contribution in [0.25, 0.3) is 0 Å². The van der Waals surface area contributed by atoms with Crippen LogP contribution in [0.5, 0.6) is 0 Å². The molecule has 0 aromatic heterocycles. The van der Waals surface area contributed by atoms with Crippen LogP contribution in [0.3, 0.4) is 0 Å². The predicted molar refractivity (Wildman–Crippen MR) is 63.6 cm³/mol. The first-order valence-electron chi connectivity index (χ1n) is 5.74. The lowest BCUT2D eigenvalue weighted by atomic mass is 9.83. The zero-order chi connectivity index (χ0) is 13.2. The number of Topliss-reactive ketones (excluding diaryl/α,β-unsaturated/α-hetero) is 1. The minimum absolute atomic E-state index is 0.0862. The maximum atomic E-state index is 11.9. The Morgan fingerprint density at radius 3 is 2.59 bits per heavy atom. The van der Waals surface area contributed by atoms with Gasteiger partial charge in [0.15, 0.2) is 17.2 Å². The molecule has 1 atom stereocenters. The van der Waals surface area contributed by atoms with Gasteiger partial charge < -0.3 is 10.2 Å². The Morgan fingerprint density at radius 1 is 1.47 bits per heavy atom. The summed E-state index contributed by atoms with van der Waals surface area (Å²) in [6.07, 6.45) is 3.11. The summed E-state index contributed by atoms with van der Waals surface area (Å²) in [7, 11) is 0. The Labute approximate surface area is 101 Å². The van der Waals surface area contributed by atoms with Gasteiger partial charge in [-0.25, -0.2) is 0 Å². The summed E-state index contributed by atoms with van der Waals surface area (Å²) in [5.74, 6) is -1.35. The van der Waals surface area contributed by atoms with E-state index in [1.807, 2.05) is 6.92 Å². The summed E-state index contributed by atoms with van der Waals surface area (Å²) in [5, 5.41) is 19.7. The van der Waals surface area contributed by atoms with E-state index in [0.717, 1.165) is 12.8 Å². The minimum Gasteiger partial charge on any atom is -0.508 e. The number of allylic oxidation sites excluding steroid dienone is 2. The van der Waals surface area contributed by atoms with Crippen LogP contribution >= 0.6 is 0 Å². The molecule has 0 aromatic rings. The van der Waals surface area contributed by atoms with Gasteiger partial charge in [0.2, 0.25) is 0 Å². The van der Waals surface area contributed by atoms with Crippen molar-refractivity contribution >= 4 is 11.6 Å².